The van der Waals surface area contributed by atoms with Crippen LogP contribution in [0.1, 0.15) is 67.2 Å². The second-order valence-corrected chi connectivity index (χ2v) is 6.26. The number of likely N-dealkylation sites (tertiary alicyclic amines) is 1. The van der Waals surface area contributed by atoms with E-state index in [0.717, 1.165) is 31.8 Å². The monoisotopic (exact) mass is 316 g/mol. The number of amides is 2. The van der Waals surface area contributed by atoms with Crippen LogP contribution in [-0.2, 0) is 9.53 Å². The van der Waals surface area contributed by atoms with Gasteiger partial charge in [-0.3, -0.25) is 4.79 Å². The largest absolute Gasteiger partial charge is 0.444 e. The zero-order chi connectivity index (χ0) is 17.6. The van der Waals surface area contributed by atoms with E-state index in [1.807, 2.05) is 34.6 Å². The molecule has 0 bridgehead atoms. The average molecular weight is 316 g/mol. The molecule has 0 aromatic rings. The van der Waals surface area contributed by atoms with E-state index in [4.69, 9.17) is 9.53 Å². The standard InChI is InChI=1S/C9H17NO2.C4H8.C2H5NO.C2H6/c1-9(2,3)12-8(11)10-6-4-5-7-10;1-4-2-3-4;1-3-2-4;1-2/h4-7H2,1-3H3;4H,2-3H2,1H3;2H,1H3,(H,3,4);1-2H3. The molecule has 22 heavy (non-hydrogen) atoms. The third kappa shape index (κ3) is 16.8. The lowest BCUT2D eigenvalue weighted by atomic mass is 10.2. The number of hydrogen-bond donors (Lipinski definition) is 1. The lowest BCUT2D eigenvalue weighted by Gasteiger charge is -2.23. The molecule has 5 heteroatoms. The SMILES string of the molecule is CC.CC(C)(C)OC(=O)N1CCCC1.CC1CC1.CNC=O. The molecule has 2 aliphatic rings. The maximum absolute atomic E-state index is 11.4. The van der Waals surface area contributed by atoms with Gasteiger partial charge in [-0.25, -0.2) is 4.79 Å². The van der Waals surface area contributed by atoms with Crippen molar-refractivity contribution in [1.29, 1.82) is 0 Å². The molecule has 1 heterocycles. The molecule has 0 radical (unpaired) electrons. The number of rotatable bonds is 1. The van der Waals surface area contributed by atoms with Gasteiger partial charge in [-0.2, -0.15) is 0 Å². The molecule has 2 fully saturated rings. The van der Waals surface area contributed by atoms with Gasteiger partial charge in [0, 0.05) is 20.1 Å². The second-order valence-electron chi connectivity index (χ2n) is 6.26. The number of nitrogens with zero attached hydrogens (tertiary/aromatic N) is 1. The molecular weight excluding hydrogens is 280 g/mol. The van der Waals surface area contributed by atoms with E-state index in [1.54, 1.807) is 11.9 Å². The topological polar surface area (TPSA) is 58.6 Å². The van der Waals surface area contributed by atoms with E-state index in [1.165, 1.54) is 12.8 Å². The Morgan fingerprint density at radius 2 is 1.55 bits per heavy atom. The minimum atomic E-state index is -0.361. The smallest absolute Gasteiger partial charge is 0.410 e. The molecule has 0 aromatic carbocycles. The molecule has 1 aliphatic carbocycles. The van der Waals surface area contributed by atoms with Crippen LogP contribution in [0.3, 0.4) is 0 Å². The fraction of sp³-hybridized carbons (Fsp3) is 0.882. The fourth-order valence-corrected chi connectivity index (χ4v) is 1.39. The first kappa shape index (κ1) is 23.0. The van der Waals surface area contributed by atoms with Gasteiger partial charge >= 0.3 is 6.09 Å². The van der Waals surface area contributed by atoms with Gasteiger partial charge in [0.1, 0.15) is 5.60 Å². The number of ether oxygens (including phenoxy) is 1. The number of carbonyl (C=O) groups is 2. The highest BCUT2D eigenvalue weighted by molar-refractivity contribution is 5.68. The van der Waals surface area contributed by atoms with E-state index < -0.39 is 0 Å². The van der Waals surface area contributed by atoms with E-state index in [-0.39, 0.29) is 11.7 Å². The van der Waals surface area contributed by atoms with Crippen molar-refractivity contribution in [1.82, 2.24) is 10.2 Å². The van der Waals surface area contributed by atoms with Gasteiger partial charge in [0.15, 0.2) is 0 Å². The summed E-state index contributed by atoms with van der Waals surface area (Å²) >= 11 is 0. The lowest BCUT2D eigenvalue weighted by Crippen LogP contribution is -2.34. The zero-order valence-electron chi connectivity index (χ0n) is 15.6. The minimum Gasteiger partial charge on any atom is -0.444 e. The van der Waals surface area contributed by atoms with Crippen molar-refractivity contribution in [3.63, 3.8) is 0 Å². The van der Waals surface area contributed by atoms with E-state index in [0.29, 0.717) is 6.41 Å². The van der Waals surface area contributed by atoms with Gasteiger partial charge in [-0.15, -0.1) is 0 Å². The van der Waals surface area contributed by atoms with Crippen LogP contribution in [0.15, 0.2) is 0 Å². The van der Waals surface area contributed by atoms with Gasteiger partial charge in [0.25, 0.3) is 0 Å². The van der Waals surface area contributed by atoms with Crippen LogP contribution in [0, 0.1) is 5.92 Å². The van der Waals surface area contributed by atoms with Crippen molar-refractivity contribution >= 4 is 12.5 Å². The maximum Gasteiger partial charge on any atom is 0.410 e. The highest BCUT2D eigenvalue weighted by Gasteiger charge is 2.23. The van der Waals surface area contributed by atoms with Gasteiger partial charge < -0.3 is 15.0 Å². The van der Waals surface area contributed by atoms with Gasteiger partial charge in [0.05, 0.1) is 0 Å². The van der Waals surface area contributed by atoms with Gasteiger partial charge in [0.2, 0.25) is 6.41 Å². The first-order valence-corrected chi connectivity index (χ1v) is 8.39. The second kappa shape index (κ2) is 13.4. The molecule has 0 aromatic heterocycles. The van der Waals surface area contributed by atoms with Crippen molar-refractivity contribution in [2.75, 3.05) is 20.1 Å². The summed E-state index contributed by atoms with van der Waals surface area (Å²) in [6, 6.07) is 0. The van der Waals surface area contributed by atoms with E-state index in [9.17, 15) is 4.79 Å². The molecule has 0 unspecified atom stereocenters. The molecule has 1 saturated carbocycles. The van der Waals surface area contributed by atoms with Crippen LogP contribution in [-0.4, -0.2) is 43.1 Å². The van der Waals surface area contributed by atoms with Crippen LogP contribution >= 0.6 is 0 Å². The predicted molar refractivity (Wildman–Crippen MR) is 91.9 cm³/mol. The maximum atomic E-state index is 11.4. The Morgan fingerprint density at radius 3 is 1.77 bits per heavy atom. The van der Waals surface area contributed by atoms with Crippen LogP contribution in [0.5, 0.6) is 0 Å². The number of nitrogens with one attached hydrogen (secondary N) is 1. The average Bonchev–Trinajstić information content (AvgIpc) is 3.07. The summed E-state index contributed by atoms with van der Waals surface area (Å²) in [4.78, 5) is 22.2. The van der Waals surface area contributed by atoms with Crippen LogP contribution < -0.4 is 5.32 Å². The summed E-state index contributed by atoms with van der Waals surface area (Å²) in [7, 11) is 1.56. The molecular formula is C17H36N2O3. The van der Waals surface area contributed by atoms with Crippen molar-refractivity contribution in [3.8, 4) is 0 Å². The Kier molecular flexibility index (Phi) is 14.0. The Bertz CT molecular complexity index is 278. The molecule has 132 valence electrons. The van der Waals surface area contributed by atoms with Gasteiger partial charge in [-0.05, 0) is 39.5 Å². The van der Waals surface area contributed by atoms with Crippen molar-refractivity contribution in [2.45, 2.75) is 72.8 Å². The normalized spacial score (nSPS) is 15.9. The summed E-state index contributed by atoms with van der Waals surface area (Å²) in [6.07, 6.45) is 5.65. The lowest BCUT2D eigenvalue weighted by molar-refractivity contribution is -0.109. The zero-order valence-corrected chi connectivity index (χ0v) is 15.6. The molecule has 5 nitrogen and oxygen atoms in total. The third-order valence-corrected chi connectivity index (χ3v) is 2.74. The van der Waals surface area contributed by atoms with Crippen LogP contribution in [0.4, 0.5) is 4.79 Å². The summed E-state index contributed by atoms with van der Waals surface area (Å²) in [5, 5.41) is 2.25. The van der Waals surface area contributed by atoms with Crippen LogP contribution in [0.2, 0.25) is 0 Å². The highest BCUT2D eigenvalue weighted by Crippen LogP contribution is 2.26. The fourth-order valence-electron chi connectivity index (χ4n) is 1.39. The minimum absolute atomic E-state index is 0.167. The molecule has 0 spiro atoms. The van der Waals surface area contributed by atoms with Gasteiger partial charge in [-0.1, -0.05) is 33.6 Å². The summed E-state index contributed by atoms with van der Waals surface area (Å²) < 4.78 is 5.21. The first-order chi connectivity index (χ1) is 10.3. The molecule has 2 amide bonds. The van der Waals surface area contributed by atoms with Crippen LogP contribution in [0.25, 0.3) is 0 Å². The summed E-state index contributed by atoms with van der Waals surface area (Å²) in [6.45, 7) is 13.7. The Balaban J connectivity index is 0. The van der Waals surface area contributed by atoms with Crippen molar-refractivity contribution < 1.29 is 14.3 Å². The van der Waals surface area contributed by atoms with Crippen molar-refractivity contribution in [3.05, 3.63) is 0 Å². The Hall–Kier alpha value is -1.26. The number of carbonyl (C=O) groups excluding carboxylic acids is 2. The molecule has 1 aliphatic heterocycles. The quantitative estimate of drug-likeness (QED) is 0.748. The Labute approximate surface area is 136 Å². The van der Waals surface area contributed by atoms with E-state index >= 15 is 0 Å². The Morgan fingerprint density at radius 1 is 1.18 bits per heavy atom. The molecule has 2 rings (SSSR count). The summed E-state index contributed by atoms with van der Waals surface area (Å²) in [5.74, 6) is 1.08. The molecule has 0 atom stereocenters. The first-order valence-electron chi connectivity index (χ1n) is 8.39. The van der Waals surface area contributed by atoms with E-state index in [2.05, 4.69) is 12.2 Å². The predicted octanol–water partition coefficient (Wildman–Crippen LogP) is 3.82. The highest BCUT2D eigenvalue weighted by atomic mass is 16.6. The summed E-state index contributed by atoms with van der Waals surface area (Å²) in [5.41, 5.74) is -0.361. The molecule has 1 N–H and O–H groups in total. The molecule has 1 saturated heterocycles. The van der Waals surface area contributed by atoms with Crippen molar-refractivity contribution in [2.24, 2.45) is 5.92 Å². The third-order valence-electron chi connectivity index (χ3n) is 2.74. The number of hydrogen-bond acceptors (Lipinski definition) is 3.